The Morgan fingerprint density at radius 3 is 2.32 bits per heavy atom. The average Bonchev–Trinajstić information content (AvgIpc) is 3.51. The van der Waals surface area contributed by atoms with E-state index in [1.807, 2.05) is 0 Å². The summed E-state index contributed by atoms with van der Waals surface area (Å²) in [5.74, 6) is -6.85. The second kappa shape index (κ2) is 12.2. The zero-order valence-electron chi connectivity index (χ0n) is 26.9. The van der Waals surface area contributed by atoms with Crippen molar-refractivity contribution in [1.29, 1.82) is 0 Å². The van der Waals surface area contributed by atoms with E-state index in [4.69, 9.17) is 23.2 Å². The molecule has 1 saturated heterocycles. The average molecular weight is 768 g/mol. The molecule has 1 saturated carbocycles. The second-order valence-electron chi connectivity index (χ2n) is 12.8. The monoisotopic (exact) mass is 766 g/mol. The van der Waals surface area contributed by atoms with E-state index in [2.05, 4.69) is 10.4 Å². The first-order chi connectivity index (χ1) is 25.2. The van der Waals surface area contributed by atoms with E-state index in [0.29, 0.717) is 22.8 Å². The number of halogens is 6. The summed E-state index contributed by atoms with van der Waals surface area (Å²) in [5.41, 5.74) is -1.31. The Balaban J connectivity index is 1.37. The molecule has 2 aliphatic heterocycles. The summed E-state index contributed by atoms with van der Waals surface area (Å²) in [5, 5.41) is 11.6. The van der Waals surface area contributed by atoms with Crippen molar-refractivity contribution >= 4 is 40.8 Å². The number of phenols is 1. The maximum atomic E-state index is 15.3. The SMILES string of the molecule is O=C1C2CC3C(=CCn4c(=O)n(-c5ccccc5)c(=O)n43)C(c3cccc(F)c3O)C2(c2ccc(Cl)cc2)C(=O)N1Nc1ncc(C(F)(F)F)cc1Cl. The van der Waals surface area contributed by atoms with Gasteiger partial charge in [0.1, 0.15) is 0 Å². The summed E-state index contributed by atoms with van der Waals surface area (Å²) in [6, 6.07) is 17.4. The van der Waals surface area contributed by atoms with Crippen LogP contribution in [0.15, 0.2) is 106 Å². The molecular formula is C36H24Cl2F4N6O5. The Kier molecular flexibility index (Phi) is 7.92. The van der Waals surface area contributed by atoms with Gasteiger partial charge in [-0.15, -0.1) is 0 Å². The van der Waals surface area contributed by atoms with Gasteiger partial charge in [-0.3, -0.25) is 15.0 Å². The van der Waals surface area contributed by atoms with Gasteiger partial charge in [0.15, 0.2) is 17.4 Å². The zero-order valence-corrected chi connectivity index (χ0v) is 28.4. The van der Waals surface area contributed by atoms with Crippen molar-refractivity contribution in [2.75, 3.05) is 5.43 Å². The number of hydrogen-bond acceptors (Lipinski definition) is 7. The first kappa shape index (κ1) is 34.4. The second-order valence-corrected chi connectivity index (χ2v) is 13.6. The Hall–Kier alpha value is -5.67. The van der Waals surface area contributed by atoms with E-state index in [0.717, 1.165) is 10.6 Å². The van der Waals surface area contributed by atoms with Crippen molar-refractivity contribution in [2.45, 2.75) is 36.5 Å². The van der Waals surface area contributed by atoms with Gasteiger partial charge in [0, 0.05) is 22.7 Å². The number of anilines is 1. The number of carbonyl (C=O) groups excluding carboxylic acids is 2. The number of amides is 2. The van der Waals surface area contributed by atoms with E-state index in [1.54, 1.807) is 36.4 Å². The number of phenolic OH excluding ortho intramolecular Hbond substituents is 1. The number of carbonyl (C=O) groups is 2. The van der Waals surface area contributed by atoms with Gasteiger partial charge >= 0.3 is 17.6 Å². The van der Waals surface area contributed by atoms with Gasteiger partial charge < -0.3 is 5.11 Å². The number of alkyl halides is 3. The van der Waals surface area contributed by atoms with Gasteiger partial charge in [-0.1, -0.05) is 71.7 Å². The summed E-state index contributed by atoms with van der Waals surface area (Å²) in [6.45, 7) is -0.164. The molecule has 17 heteroatoms. The topological polar surface area (TPSA) is 131 Å². The van der Waals surface area contributed by atoms with Gasteiger partial charge in [0.05, 0.1) is 40.2 Å². The number of fused-ring (bicyclic) bond motifs is 4. The van der Waals surface area contributed by atoms with Crippen LogP contribution in [0, 0.1) is 11.7 Å². The highest BCUT2D eigenvalue weighted by Crippen LogP contribution is 2.63. The van der Waals surface area contributed by atoms with E-state index in [9.17, 15) is 32.7 Å². The molecule has 3 aromatic carbocycles. The quantitative estimate of drug-likeness (QED) is 0.128. The molecule has 4 heterocycles. The maximum absolute atomic E-state index is 15.3. The number of imide groups is 1. The fraction of sp³-hybridized carbons (Fsp3) is 0.194. The summed E-state index contributed by atoms with van der Waals surface area (Å²) in [7, 11) is 0. The Bertz CT molecular complexity index is 2500. The highest BCUT2D eigenvalue weighted by atomic mass is 35.5. The Morgan fingerprint density at radius 2 is 1.64 bits per heavy atom. The number of pyridine rings is 1. The molecule has 3 aliphatic rings. The number of para-hydroxylation sites is 2. The number of hydrogen-bond donors (Lipinski definition) is 2. The maximum Gasteiger partial charge on any atom is 0.417 e. The van der Waals surface area contributed by atoms with Crippen LogP contribution in [0.2, 0.25) is 10.0 Å². The highest BCUT2D eigenvalue weighted by Gasteiger charge is 2.69. The molecule has 53 heavy (non-hydrogen) atoms. The standard InChI is InChI=1S/C36H24Cl2F4N6O5/c37-20-11-9-18(10-12-20)35-24(31(50)47(32(35)51)44-30-25(38)15-19(17-43-30)36(40,41)42)16-27-22(28(35)23-7-4-8-26(39)29(23)49)13-14-45-33(52)46(34(53)48(27)45)21-5-2-1-3-6-21/h1-13,15,17,24,27-28,49H,14,16H2,(H,43,44). The number of benzene rings is 3. The van der Waals surface area contributed by atoms with Crippen molar-refractivity contribution in [3.8, 4) is 11.4 Å². The number of hydrazine groups is 1. The number of rotatable bonds is 5. The number of nitrogens with one attached hydrogen (secondary N) is 1. The molecule has 11 nitrogen and oxygen atoms in total. The molecule has 0 spiro atoms. The molecule has 1 aliphatic carbocycles. The minimum Gasteiger partial charge on any atom is -0.505 e. The molecule has 8 rings (SSSR count). The van der Waals surface area contributed by atoms with Crippen LogP contribution >= 0.6 is 23.2 Å². The fourth-order valence-corrected chi connectivity index (χ4v) is 8.29. The predicted molar refractivity (Wildman–Crippen MR) is 183 cm³/mol. The lowest BCUT2D eigenvalue weighted by Crippen LogP contribution is -2.53. The van der Waals surface area contributed by atoms with Crippen LogP contribution < -0.4 is 16.8 Å². The summed E-state index contributed by atoms with van der Waals surface area (Å²) in [6.07, 6.45) is -2.94. The van der Waals surface area contributed by atoms with E-state index in [1.165, 1.54) is 45.8 Å². The minimum absolute atomic E-state index is 0.0964. The van der Waals surface area contributed by atoms with Crippen molar-refractivity contribution in [3.63, 3.8) is 0 Å². The molecule has 4 unspecified atom stereocenters. The lowest BCUT2D eigenvalue weighted by Gasteiger charge is -2.49. The smallest absolute Gasteiger partial charge is 0.417 e. The molecule has 4 atom stereocenters. The molecule has 0 bridgehead atoms. The van der Waals surface area contributed by atoms with E-state index < -0.39 is 80.6 Å². The normalized spacial score (nSPS) is 22.3. The number of nitrogens with zero attached hydrogens (tertiary/aromatic N) is 5. The first-order valence-corrected chi connectivity index (χ1v) is 16.8. The number of aromatic hydroxyl groups is 1. The lowest BCUT2D eigenvalue weighted by atomic mass is 9.53. The summed E-state index contributed by atoms with van der Waals surface area (Å²) < 4.78 is 58.9. The van der Waals surface area contributed by atoms with Gasteiger partial charge in [0.2, 0.25) is 0 Å². The van der Waals surface area contributed by atoms with Gasteiger partial charge in [-0.05, 0) is 54.0 Å². The van der Waals surface area contributed by atoms with Crippen LogP contribution in [0.1, 0.15) is 35.1 Å². The molecule has 2 N–H and O–H groups in total. The van der Waals surface area contributed by atoms with Crippen LogP contribution in [-0.4, -0.2) is 40.8 Å². The third kappa shape index (κ3) is 5.05. The molecule has 270 valence electrons. The van der Waals surface area contributed by atoms with Gasteiger partial charge in [-0.2, -0.15) is 18.2 Å². The van der Waals surface area contributed by atoms with Crippen LogP contribution in [-0.2, 0) is 27.7 Å². The molecule has 0 radical (unpaired) electrons. The molecule has 2 aromatic heterocycles. The third-order valence-corrected chi connectivity index (χ3v) is 10.7. The first-order valence-electron chi connectivity index (χ1n) is 16.1. The van der Waals surface area contributed by atoms with Crippen molar-refractivity contribution in [1.82, 2.24) is 23.9 Å². The van der Waals surface area contributed by atoms with E-state index in [-0.39, 0.29) is 34.8 Å². The molecular weight excluding hydrogens is 743 g/mol. The molecule has 2 fully saturated rings. The van der Waals surface area contributed by atoms with Crippen LogP contribution in [0.25, 0.3) is 5.69 Å². The molecule has 5 aromatic rings. The third-order valence-electron chi connectivity index (χ3n) is 10.2. The summed E-state index contributed by atoms with van der Waals surface area (Å²) >= 11 is 12.4. The predicted octanol–water partition coefficient (Wildman–Crippen LogP) is 5.98. The van der Waals surface area contributed by atoms with Crippen molar-refractivity contribution in [2.24, 2.45) is 5.92 Å². The fourth-order valence-electron chi connectivity index (χ4n) is 7.95. The Labute approximate surface area is 305 Å². The number of allylic oxidation sites excluding steroid dienone is 2. The van der Waals surface area contributed by atoms with Crippen molar-refractivity contribution < 1.29 is 32.3 Å². The van der Waals surface area contributed by atoms with Crippen LogP contribution in [0.4, 0.5) is 23.4 Å². The van der Waals surface area contributed by atoms with Crippen LogP contribution in [0.5, 0.6) is 5.75 Å². The van der Waals surface area contributed by atoms with Gasteiger partial charge in [0.25, 0.3) is 11.8 Å². The highest BCUT2D eigenvalue weighted by molar-refractivity contribution is 6.33. The zero-order chi connectivity index (χ0) is 37.6. The lowest BCUT2D eigenvalue weighted by molar-refractivity contribution is -0.139. The van der Waals surface area contributed by atoms with E-state index >= 15 is 9.18 Å². The molecule has 2 amide bonds. The Morgan fingerprint density at radius 1 is 0.925 bits per heavy atom. The minimum atomic E-state index is -4.79. The largest absolute Gasteiger partial charge is 0.505 e. The van der Waals surface area contributed by atoms with Gasteiger partial charge in [-0.25, -0.2) is 32.9 Å². The van der Waals surface area contributed by atoms with Crippen molar-refractivity contribution in [3.05, 3.63) is 150 Å². The summed E-state index contributed by atoms with van der Waals surface area (Å²) in [4.78, 5) is 61.5. The van der Waals surface area contributed by atoms with Crippen LogP contribution in [0.3, 0.4) is 0 Å². The number of aromatic nitrogens is 4.